The number of rotatable bonds is 2. The van der Waals surface area contributed by atoms with E-state index >= 15 is 0 Å². The van der Waals surface area contributed by atoms with Gasteiger partial charge in [-0.15, -0.1) is 0 Å². The molecule has 2 heterocycles. The van der Waals surface area contributed by atoms with Gasteiger partial charge in [-0.3, -0.25) is 0 Å². The fourth-order valence-corrected chi connectivity index (χ4v) is 2.62. The summed E-state index contributed by atoms with van der Waals surface area (Å²) in [7, 11) is 0. The zero-order valence-corrected chi connectivity index (χ0v) is 12.6. The molecule has 19 heavy (non-hydrogen) atoms. The number of ether oxygens (including phenoxy) is 1. The Bertz CT molecular complexity index is 672. The van der Waals surface area contributed by atoms with Crippen molar-refractivity contribution in [1.29, 1.82) is 0 Å². The van der Waals surface area contributed by atoms with Gasteiger partial charge in [-0.05, 0) is 75.3 Å². The summed E-state index contributed by atoms with van der Waals surface area (Å²) in [4.78, 5) is 16.0. The van der Waals surface area contributed by atoms with Crippen LogP contribution in [-0.4, -0.2) is 11.9 Å². The van der Waals surface area contributed by atoms with Gasteiger partial charge in [0.2, 0.25) is 5.90 Å². The van der Waals surface area contributed by atoms with Gasteiger partial charge in [-0.1, -0.05) is 0 Å². The first-order valence-corrected chi connectivity index (χ1v) is 7.55. The summed E-state index contributed by atoms with van der Waals surface area (Å²) in [5.41, 5.74) is 2.11. The van der Waals surface area contributed by atoms with Gasteiger partial charge in [0.05, 0.1) is 0 Å². The molecule has 0 unspecified atom stereocenters. The maximum Gasteiger partial charge on any atom is 0.363 e. The van der Waals surface area contributed by atoms with Crippen molar-refractivity contribution >= 4 is 51.9 Å². The summed E-state index contributed by atoms with van der Waals surface area (Å²) >= 11 is 3.80. The first kappa shape index (κ1) is 12.6. The van der Waals surface area contributed by atoms with Crippen LogP contribution in [0.25, 0.3) is 6.08 Å². The third kappa shape index (κ3) is 2.76. The Morgan fingerprint density at radius 2 is 2.00 bits per heavy atom. The predicted molar refractivity (Wildman–Crippen MR) is 84.1 cm³/mol. The molecule has 1 aliphatic heterocycles. The summed E-state index contributed by atoms with van der Waals surface area (Å²) < 4.78 is 6.32. The molecule has 0 spiro atoms. The predicted octanol–water partition coefficient (Wildman–Crippen LogP) is 3.70. The molecule has 1 aromatic carbocycles. The molecule has 0 N–H and O–H groups in total. The van der Waals surface area contributed by atoms with Gasteiger partial charge < -0.3 is 4.74 Å². The van der Waals surface area contributed by atoms with E-state index in [2.05, 4.69) is 27.6 Å². The van der Waals surface area contributed by atoms with Crippen LogP contribution in [0.4, 0.5) is 0 Å². The lowest BCUT2D eigenvalue weighted by Crippen LogP contribution is -2.05. The molecular weight excluding hydrogens is 373 g/mol. The largest absolute Gasteiger partial charge is 0.402 e. The smallest absolute Gasteiger partial charge is 0.363 e. The van der Waals surface area contributed by atoms with Crippen LogP contribution in [0.5, 0.6) is 0 Å². The highest BCUT2D eigenvalue weighted by atomic mass is 127. The van der Waals surface area contributed by atoms with E-state index in [9.17, 15) is 4.79 Å². The van der Waals surface area contributed by atoms with Gasteiger partial charge in [0, 0.05) is 9.13 Å². The van der Waals surface area contributed by atoms with Crippen molar-refractivity contribution in [2.24, 2.45) is 4.99 Å². The van der Waals surface area contributed by atoms with Crippen molar-refractivity contribution < 1.29 is 9.53 Å². The topological polar surface area (TPSA) is 38.7 Å². The third-order valence-corrected chi connectivity index (χ3v) is 3.98. The fraction of sp³-hybridized carbons (Fsp3) is 0. The van der Waals surface area contributed by atoms with E-state index in [0.29, 0.717) is 11.6 Å². The molecule has 1 aliphatic rings. The first-order valence-electron chi connectivity index (χ1n) is 5.53. The molecule has 94 valence electrons. The molecule has 2 aromatic rings. The van der Waals surface area contributed by atoms with Crippen molar-refractivity contribution in [3.05, 3.63) is 61.5 Å². The van der Waals surface area contributed by atoms with E-state index < -0.39 is 5.97 Å². The SMILES string of the molecule is O=C1OC(c2ccc(I)cc2)=N/C1=C\c1ccsc1. The quantitative estimate of drug-likeness (QED) is 0.452. The summed E-state index contributed by atoms with van der Waals surface area (Å²) in [5.74, 6) is -0.0392. The molecule has 0 amide bonds. The molecule has 3 rings (SSSR count). The van der Waals surface area contributed by atoms with Gasteiger partial charge in [0.15, 0.2) is 5.70 Å². The summed E-state index contributed by atoms with van der Waals surface area (Å²) in [6.45, 7) is 0. The summed E-state index contributed by atoms with van der Waals surface area (Å²) in [5, 5.41) is 3.91. The second-order valence-corrected chi connectivity index (χ2v) is 5.93. The lowest BCUT2D eigenvalue weighted by atomic mass is 10.2. The maximum absolute atomic E-state index is 11.7. The summed E-state index contributed by atoms with van der Waals surface area (Å²) in [6.07, 6.45) is 1.73. The Morgan fingerprint density at radius 3 is 2.68 bits per heavy atom. The highest BCUT2D eigenvalue weighted by Crippen LogP contribution is 2.20. The molecule has 0 bridgehead atoms. The minimum absolute atomic E-state index is 0.340. The molecule has 0 atom stereocenters. The highest BCUT2D eigenvalue weighted by Gasteiger charge is 2.23. The van der Waals surface area contributed by atoms with Crippen LogP contribution in [0, 0.1) is 3.57 Å². The maximum atomic E-state index is 11.7. The molecule has 0 saturated heterocycles. The Labute approximate surface area is 127 Å². The van der Waals surface area contributed by atoms with Crippen LogP contribution in [0.15, 0.2) is 51.8 Å². The molecule has 0 aliphatic carbocycles. The van der Waals surface area contributed by atoms with Gasteiger partial charge in [-0.25, -0.2) is 9.79 Å². The second kappa shape index (κ2) is 5.26. The normalized spacial score (nSPS) is 16.6. The fourth-order valence-electron chi connectivity index (χ4n) is 1.64. The molecular formula is C14H8INO2S. The number of halogens is 1. The number of thiophene rings is 1. The third-order valence-electron chi connectivity index (χ3n) is 2.56. The van der Waals surface area contributed by atoms with Crippen molar-refractivity contribution in [2.75, 3.05) is 0 Å². The number of carbonyl (C=O) groups is 1. The van der Waals surface area contributed by atoms with Crippen LogP contribution in [-0.2, 0) is 9.53 Å². The Kier molecular flexibility index (Phi) is 3.48. The van der Waals surface area contributed by atoms with Gasteiger partial charge >= 0.3 is 5.97 Å². The number of aliphatic imine (C=N–C) groups is 1. The van der Waals surface area contributed by atoms with E-state index in [0.717, 1.165) is 14.7 Å². The molecule has 0 radical (unpaired) electrons. The first-order chi connectivity index (χ1) is 9.22. The Hall–Kier alpha value is -1.47. The van der Waals surface area contributed by atoms with E-state index in [4.69, 9.17) is 4.74 Å². The van der Waals surface area contributed by atoms with Gasteiger partial charge in [-0.2, -0.15) is 11.3 Å². The molecule has 0 saturated carbocycles. The van der Waals surface area contributed by atoms with Crippen molar-refractivity contribution in [2.45, 2.75) is 0 Å². The van der Waals surface area contributed by atoms with E-state index in [1.54, 1.807) is 17.4 Å². The number of carbonyl (C=O) groups excluding carboxylic acids is 1. The summed E-state index contributed by atoms with van der Waals surface area (Å²) in [6, 6.07) is 9.62. The van der Waals surface area contributed by atoms with Crippen molar-refractivity contribution in [1.82, 2.24) is 0 Å². The number of esters is 1. The second-order valence-electron chi connectivity index (χ2n) is 3.90. The number of benzene rings is 1. The molecule has 5 heteroatoms. The Balaban J connectivity index is 1.93. The van der Waals surface area contributed by atoms with E-state index in [1.165, 1.54) is 0 Å². The van der Waals surface area contributed by atoms with Crippen LogP contribution in [0.2, 0.25) is 0 Å². The number of nitrogens with zero attached hydrogens (tertiary/aromatic N) is 1. The Morgan fingerprint density at radius 1 is 1.21 bits per heavy atom. The molecule has 1 aromatic heterocycles. The standard InChI is InChI=1S/C14H8INO2S/c15-11-3-1-10(2-4-11)13-16-12(14(17)18-13)7-9-5-6-19-8-9/h1-8H/b12-7-. The number of cyclic esters (lactones) is 1. The van der Waals surface area contributed by atoms with Crippen molar-refractivity contribution in [3.63, 3.8) is 0 Å². The average Bonchev–Trinajstić information content (AvgIpc) is 3.02. The zero-order valence-electron chi connectivity index (χ0n) is 9.67. The minimum Gasteiger partial charge on any atom is -0.402 e. The van der Waals surface area contributed by atoms with Crippen LogP contribution in [0.1, 0.15) is 11.1 Å². The van der Waals surface area contributed by atoms with E-state index in [-0.39, 0.29) is 0 Å². The lowest BCUT2D eigenvalue weighted by Gasteiger charge is -1.98. The van der Waals surface area contributed by atoms with Crippen molar-refractivity contribution in [3.8, 4) is 0 Å². The zero-order chi connectivity index (χ0) is 13.2. The van der Waals surface area contributed by atoms with Crippen LogP contribution < -0.4 is 0 Å². The number of hydrogen-bond donors (Lipinski definition) is 0. The van der Waals surface area contributed by atoms with E-state index in [1.807, 2.05) is 41.1 Å². The van der Waals surface area contributed by atoms with Gasteiger partial charge in [0.25, 0.3) is 0 Å². The monoisotopic (exact) mass is 381 g/mol. The van der Waals surface area contributed by atoms with Crippen LogP contribution >= 0.6 is 33.9 Å². The molecule has 0 fully saturated rings. The minimum atomic E-state index is -0.403. The molecule has 3 nitrogen and oxygen atoms in total. The average molecular weight is 381 g/mol. The van der Waals surface area contributed by atoms with Crippen LogP contribution in [0.3, 0.4) is 0 Å². The number of hydrogen-bond acceptors (Lipinski definition) is 4. The highest BCUT2D eigenvalue weighted by molar-refractivity contribution is 14.1. The van der Waals surface area contributed by atoms with Gasteiger partial charge in [0.1, 0.15) is 0 Å². The lowest BCUT2D eigenvalue weighted by molar-refractivity contribution is -0.129.